The van der Waals surface area contributed by atoms with Crippen molar-refractivity contribution in [1.82, 2.24) is 14.9 Å². The van der Waals surface area contributed by atoms with Crippen molar-refractivity contribution in [2.45, 2.75) is 39.2 Å². The third-order valence-corrected chi connectivity index (χ3v) is 5.99. The van der Waals surface area contributed by atoms with Crippen molar-refractivity contribution in [2.75, 3.05) is 20.3 Å². The number of aromatic nitrogens is 2. The first-order valence-corrected chi connectivity index (χ1v) is 12.2. The van der Waals surface area contributed by atoms with Gasteiger partial charge in [-0.15, -0.1) is 0 Å². The van der Waals surface area contributed by atoms with Gasteiger partial charge in [-0.3, -0.25) is 4.79 Å². The van der Waals surface area contributed by atoms with Crippen LogP contribution in [0.5, 0.6) is 11.5 Å². The molecule has 0 aliphatic rings. The van der Waals surface area contributed by atoms with E-state index in [-0.39, 0.29) is 5.91 Å². The number of carbonyl (C=O) groups excluding carboxylic acids is 1. The summed E-state index contributed by atoms with van der Waals surface area (Å²) in [4.78, 5) is 17.2. The van der Waals surface area contributed by atoms with Crippen LogP contribution in [0.3, 0.4) is 0 Å². The Labute approximate surface area is 206 Å². The van der Waals surface area contributed by atoms with Gasteiger partial charge in [-0.25, -0.2) is 4.98 Å². The number of para-hydroxylation sites is 2. The Kier molecular flexibility index (Phi) is 8.39. The number of hydrogen-bond donors (Lipinski definition) is 1. The molecular formula is C29H33N3O3. The smallest absolute Gasteiger partial charge is 0.224 e. The van der Waals surface area contributed by atoms with Gasteiger partial charge in [0.2, 0.25) is 5.91 Å². The predicted octanol–water partition coefficient (Wildman–Crippen LogP) is 5.11. The molecule has 35 heavy (non-hydrogen) atoms. The summed E-state index contributed by atoms with van der Waals surface area (Å²) in [6.45, 7) is 4.18. The van der Waals surface area contributed by atoms with Gasteiger partial charge in [-0.1, -0.05) is 42.0 Å². The van der Waals surface area contributed by atoms with E-state index in [1.165, 1.54) is 5.56 Å². The van der Waals surface area contributed by atoms with Crippen LogP contribution < -0.4 is 14.8 Å². The predicted molar refractivity (Wildman–Crippen MR) is 139 cm³/mol. The topological polar surface area (TPSA) is 65.4 Å². The molecule has 0 saturated heterocycles. The Bertz CT molecular complexity index is 1230. The molecule has 0 spiro atoms. The minimum atomic E-state index is 0.00563. The fourth-order valence-corrected chi connectivity index (χ4v) is 4.07. The number of carbonyl (C=O) groups is 1. The zero-order valence-electron chi connectivity index (χ0n) is 20.5. The van der Waals surface area contributed by atoms with Crippen molar-refractivity contribution < 1.29 is 14.3 Å². The molecule has 4 aromatic rings. The largest absolute Gasteiger partial charge is 0.497 e. The molecule has 0 fully saturated rings. The van der Waals surface area contributed by atoms with Crippen LogP contribution in [0, 0.1) is 6.92 Å². The number of nitrogens with one attached hydrogen (secondary N) is 1. The van der Waals surface area contributed by atoms with Gasteiger partial charge < -0.3 is 19.4 Å². The van der Waals surface area contributed by atoms with Gasteiger partial charge in [0, 0.05) is 19.5 Å². The van der Waals surface area contributed by atoms with Gasteiger partial charge in [-0.05, 0) is 61.7 Å². The fraction of sp³-hybridized carbons (Fsp3) is 0.310. The van der Waals surface area contributed by atoms with Crippen LogP contribution in [-0.4, -0.2) is 35.7 Å². The first-order valence-electron chi connectivity index (χ1n) is 12.2. The quantitative estimate of drug-likeness (QED) is 0.292. The molecule has 0 atom stereocenters. The summed E-state index contributed by atoms with van der Waals surface area (Å²) in [5.74, 6) is 2.70. The number of rotatable bonds is 12. The molecule has 182 valence electrons. The number of nitrogens with zero attached hydrogens (tertiary/aromatic N) is 2. The Balaban J connectivity index is 1.28. The first kappa shape index (κ1) is 24.3. The normalized spacial score (nSPS) is 10.9. The molecule has 0 unspecified atom stereocenters. The van der Waals surface area contributed by atoms with E-state index < -0.39 is 0 Å². The molecule has 1 aromatic heterocycles. The van der Waals surface area contributed by atoms with Crippen molar-refractivity contribution >= 4 is 16.9 Å². The second-order valence-corrected chi connectivity index (χ2v) is 8.66. The van der Waals surface area contributed by atoms with E-state index in [4.69, 9.17) is 14.5 Å². The van der Waals surface area contributed by atoms with Gasteiger partial charge in [0.25, 0.3) is 0 Å². The summed E-state index contributed by atoms with van der Waals surface area (Å²) >= 11 is 0. The monoisotopic (exact) mass is 471 g/mol. The molecule has 1 N–H and O–H groups in total. The molecule has 1 heterocycles. The zero-order valence-corrected chi connectivity index (χ0v) is 20.5. The van der Waals surface area contributed by atoms with Crippen molar-refractivity contribution in [2.24, 2.45) is 0 Å². The van der Waals surface area contributed by atoms with E-state index in [2.05, 4.69) is 35.0 Å². The molecule has 3 aromatic carbocycles. The number of unbranched alkanes of at least 4 members (excludes halogenated alkanes) is 1. The van der Waals surface area contributed by atoms with Gasteiger partial charge in [-0.2, -0.15) is 0 Å². The summed E-state index contributed by atoms with van der Waals surface area (Å²) in [6.07, 6.45) is 2.98. The van der Waals surface area contributed by atoms with Gasteiger partial charge in [0.05, 0.1) is 31.2 Å². The van der Waals surface area contributed by atoms with Gasteiger partial charge in [0.15, 0.2) is 0 Å². The molecule has 0 aliphatic carbocycles. The standard InChI is InChI=1S/C29H33N3O3/c1-22-9-13-25(14-10-22)35-20-6-5-19-32-27-8-4-3-7-26(27)31-28(32)17-18-30-29(33)21-23-11-15-24(34-2)16-12-23/h3-4,7-16H,5-6,17-21H2,1-2H3,(H,30,33). The highest BCUT2D eigenvalue weighted by molar-refractivity contribution is 5.78. The number of imidazole rings is 1. The minimum absolute atomic E-state index is 0.00563. The number of amides is 1. The van der Waals surface area contributed by atoms with E-state index in [1.54, 1.807) is 7.11 Å². The number of fused-ring (bicyclic) bond motifs is 1. The molecule has 0 bridgehead atoms. The third-order valence-electron chi connectivity index (χ3n) is 5.99. The van der Waals surface area contributed by atoms with Crippen LogP contribution in [0.2, 0.25) is 0 Å². The summed E-state index contributed by atoms with van der Waals surface area (Å²) in [7, 11) is 1.63. The maximum atomic E-state index is 12.4. The van der Waals surface area contributed by atoms with Crippen molar-refractivity contribution in [1.29, 1.82) is 0 Å². The third kappa shape index (κ3) is 6.85. The molecule has 0 radical (unpaired) electrons. The van der Waals surface area contributed by atoms with Crippen molar-refractivity contribution in [3.8, 4) is 11.5 Å². The lowest BCUT2D eigenvalue weighted by Crippen LogP contribution is -2.28. The summed E-state index contributed by atoms with van der Waals surface area (Å²) < 4.78 is 13.3. The Morgan fingerprint density at radius 2 is 1.69 bits per heavy atom. The number of ether oxygens (including phenoxy) is 2. The van der Waals surface area contributed by atoms with E-state index in [1.807, 2.05) is 54.6 Å². The van der Waals surface area contributed by atoms with E-state index >= 15 is 0 Å². The molecule has 6 heteroatoms. The Hall–Kier alpha value is -3.80. The molecular weight excluding hydrogens is 438 g/mol. The zero-order chi connectivity index (χ0) is 24.5. The summed E-state index contributed by atoms with van der Waals surface area (Å²) in [5, 5.41) is 3.03. The van der Waals surface area contributed by atoms with E-state index in [0.29, 0.717) is 26.0 Å². The summed E-state index contributed by atoms with van der Waals surface area (Å²) in [5.41, 5.74) is 4.31. The van der Waals surface area contributed by atoms with Crippen LogP contribution in [0.1, 0.15) is 29.8 Å². The lowest BCUT2D eigenvalue weighted by molar-refractivity contribution is -0.120. The summed E-state index contributed by atoms with van der Waals surface area (Å²) in [6, 6.07) is 23.9. The van der Waals surface area contributed by atoms with Crippen LogP contribution >= 0.6 is 0 Å². The average molecular weight is 472 g/mol. The minimum Gasteiger partial charge on any atom is -0.497 e. The maximum Gasteiger partial charge on any atom is 0.224 e. The highest BCUT2D eigenvalue weighted by Gasteiger charge is 2.11. The van der Waals surface area contributed by atoms with Crippen LogP contribution in [-0.2, 0) is 24.2 Å². The molecule has 0 saturated carbocycles. The second kappa shape index (κ2) is 12.1. The van der Waals surface area contributed by atoms with Crippen molar-refractivity contribution in [3.63, 3.8) is 0 Å². The lowest BCUT2D eigenvalue weighted by atomic mass is 10.1. The van der Waals surface area contributed by atoms with E-state index in [9.17, 15) is 4.79 Å². The average Bonchev–Trinajstić information content (AvgIpc) is 3.22. The molecule has 1 amide bonds. The number of methoxy groups -OCH3 is 1. The molecule has 4 rings (SSSR count). The SMILES string of the molecule is COc1ccc(CC(=O)NCCc2nc3ccccc3n2CCCCOc2ccc(C)cc2)cc1. The number of aryl methyl sites for hydroxylation is 2. The van der Waals surface area contributed by atoms with Gasteiger partial charge in [0.1, 0.15) is 17.3 Å². The van der Waals surface area contributed by atoms with Gasteiger partial charge >= 0.3 is 0 Å². The number of benzene rings is 3. The Morgan fingerprint density at radius 1 is 0.943 bits per heavy atom. The fourth-order valence-electron chi connectivity index (χ4n) is 4.07. The maximum absolute atomic E-state index is 12.4. The lowest BCUT2D eigenvalue weighted by Gasteiger charge is -2.11. The Morgan fingerprint density at radius 3 is 2.46 bits per heavy atom. The number of hydrogen-bond acceptors (Lipinski definition) is 4. The van der Waals surface area contributed by atoms with E-state index in [0.717, 1.165) is 53.3 Å². The molecule has 6 nitrogen and oxygen atoms in total. The highest BCUT2D eigenvalue weighted by atomic mass is 16.5. The van der Waals surface area contributed by atoms with Crippen molar-refractivity contribution in [3.05, 3.63) is 89.7 Å². The second-order valence-electron chi connectivity index (χ2n) is 8.66. The molecule has 0 aliphatic heterocycles. The van der Waals surface area contributed by atoms with Crippen LogP contribution in [0.15, 0.2) is 72.8 Å². The first-order chi connectivity index (χ1) is 17.1. The van der Waals surface area contributed by atoms with Crippen LogP contribution in [0.4, 0.5) is 0 Å². The van der Waals surface area contributed by atoms with Crippen LogP contribution in [0.25, 0.3) is 11.0 Å². The highest BCUT2D eigenvalue weighted by Crippen LogP contribution is 2.18.